The maximum absolute atomic E-state index is 11.6. The Labute approximate surface area is 116 Å². The van der Waals surface area contributed by atoms with Crippen LogP contribution in [0.4, 0.5) is 0 Å². The van der Waals surface area contributed by atoms with Crippen molar-refractivity contribution in [3.05, 3.63) is 48.0 Å². The minimum atomic E-state index is -0.690. The summed E-state index contributed by atoms with van der Waals surface area (Å²) in [6, 6.07) is 9.36. The summed E-state index contributed by atoms with van der Waals surface area (Å²) in [5.41, 5.74) is 0.814. The fraction of sp³-hybridized carbons (Fsp3) is 0.471. The van der Waals surface area contributed by atoms with Gasteiger partial charge in [0.1, 0.15) is 0 Å². The number of allylic oxidation sites excluding steroid dienone is 1. The highest BCUT2D eigenvalue weighted by Crippen LogP contribution is 2.13. The van der Waals surface area contributed by atoms with Crippen molar-refractivity contribution in [2.24, 2.45) is 0 Å². The van der Waals surface area contributed by atoms with Gasteiger partial charge >= 0.3 is 0 Å². The molecule has 0 amide bonds. The summed E-state index contributed by atoms with van der Waals surface area (Å²) in [4.78, 5) is 11.6. The van der Waals surface area contributed by atoms with Crippen LogP contribution in [0.1, 0.15) is 57.1 Å². The van der Waals surface area contributed by atoms with E-state index < -0.39 is 6.10 Å². The van der Waals surface area contributed by atoms with E-state index in [-0.39, 0.29) is 5.78 Å². The first-order valence-corrected chi connectivity index (χ1v) is 7.18. The van der Waals surface area contributed by atoms with E-state index in [0.717, 1.165) is 18.4 Å². The smallest absolute Gasteiger partial charge is 0.155 e. The molecular formula is C17H24O2. The van der Waals surface area contributed by atoms with Gasteiger partial charge in [0, 0.05) is 6.42 Å². The molecule has 2 nitrogen and oxygen atoms in total. The molecule has 104 valence electrons. The molecule has 0 aliphatic carbocycles. The fourth-order valence-corrected chi connectivity index (χ4v) is 1.95. The third kappa shape index (κ3) is 6.92. The van der Waals surface area contributed by atoms with Gasteiger partial charge in [0.05, 0.1) is 6.10 Å². The zero-order chi connectivity index (χ0) is 13.9. The summed E-state index contributed by atoms with van der Waals surface area (Å²) in [5.74, 6) is 0.103. The van der Waals surface area contributed by atoms with Gasteiger partial charge in [-0.25, -0.2) is 0 Å². The summed E-state index contributed by atoms with van der Waals surface area (Å²) < 4.78 is 0. The maximum Gasteiger partial charge on any atom is 0.155 e. The Kier molecular flexibility index (Phi) is 7.83. The molecule has 0 aliphatic rings. The highest BCUT2D eigenvalue weighted by molar-refractivity contribution is 5.89. The van der Waals surface area contributed by atoms with Crippen LogP contribution in [0.5, 0.6) is 0 Å². The van der Waals surface area contributed by atoms with Crippen molar-refractivity contribution in [2.75, 3.05) is 0 Å². The van der Waals surface area contributed by atoms with Crippen LogP contribution in [0.2, 0.25) is 0 Å². The van der Waals surface area contributed by atoms with Gasteiger partial charge in [-0.05, 0) is 24.1 Å². The summed E-state index contributed by atoms with van der Waals surface area (Å²) >= 11 is 0. The Bertz CT molecular complexity index is 382. The molecule has 0 aliphatic heterocycles. The molecule has 0 saturated heterocycles. The summed E-state index contributed by atoms with van der Waals surface area (Å²) in [5, 5.41) is 9.87. The van der Waals surface area contributed by atoms with E-state index in [1.165, 1.54) is 25.3 Å². The number of carbonyl (C=O) groups is 1. The predicted octanol–water partition coefficient (Wildman–Crippen LogP) is 4.21. The molecule has 0 aromatic heterocycles. The molecule has 1 N–H and O–H groups in total. The van der Waals surface area contributed by atoms with Gasteiger partial charge in [-0.15, -0.1) is 0 Å². The summed E-state index contributed by atoms with van der Waals surface area (Å²) in [7, 11) is 0. The van der Waals surface area contributed by atoms with Crippen molar-refractivity contribution in [1.29, 1.82) is 0 Å². The van der Waals surface area contributed by atoms with E-state index in [4.69, 9.17) is 0 Å². The van der Waals surface area contributed by atoms with Gasteiger partial charge in [0.2, 0.25) is 0 Å². The molecule has 0 bridgehead atoms. The average Bonchev–Trinajstić information content (AvgIpc) is 2.45. The van der Waals surface area contributed by atoms with Crippen LogP contribution in [0.3, 0.4) is 0 Å². The number of benzene rings is 1. The molecule has 1 aromatic rings. The number of hydrogen-bond donors (Lipinski definition) is 1. The first-order valence-electron chi connectivity index (χ1n) is 7.18. The fourth-order valence-electron chi connectivity index (χ4n) is 1.95. The molecule has 0 spiro atoms. The van der Waals surface area contributed by atoms with Gasteiger partial charge in [-0.1, -0.05) is 62.9 Å². The van der Waals surface area contributed by atoms with Crippen LogP contribution >= 0.6 is 0 Å². The van der Waals surface area contributed by atoms with Crippen molar-refractivity contribution in [3.63, 3.8) is 0 Å². The van der Waals surface area contributed by atoms with Gasteiger partial charge in [-0.2, -0.15) is 0 Å². The maximum atomic E-state index is 11.6. The largest absolute Gasteiger partial charge is 0.384 e. The number of aliphatic hydroxyl groups is 1. The molecular weight excluding hydrogens is 236 g/mol. The van der Waals surface area contributed by atoms with Crippen LogP contribution in [0, 0.1) is 0 Å². The van der Waals surface area contributed by atoms with Crippen molar-refractivity contribution in [3.8, 4) is 0 Å². The lowest BCUT2D eigenvalue weighted by molar-refractivity contribution is -0.114. The number of rotatable bonds is 9. The lowest BCUT2D eigenvalue weighted by atomic mass is 10.1. The van der Waals surface area contributed by atoms with Crippen molar-refractivity contribution < 1.29 is 9.90 Å². The monoisotopic (exact) mass is 260 g/mol. The standard InChI is InChI=1S/C17H24O2/c1-2-3-4-5-9-12-16(18)13-14-17(19)15-10-7-6-8-11-15/h6-8,10-11,13-14,17,19H,2-5,9,12H2,1H3. The Balaban J connectivity index is 2.26. The van der Waals surface area contributed by atoms with Crippen LogP contribution in [0.15, 0.2) is 42.5 Å². The Morgan fingerprint density at radius 1 is 1.16 bits per heavy atom. The number of ketones is 1. The Hall–Kier alpha value is -1.41. The molecule has 0 heterocycles. The average molecular weight is 260 g/mol. The van der Waals surface area contributed by atoms with Crippen molar-refractivity contribution in [1.82, 2.24) is 0 Å². The third-order valence-corrected chi connectivity index (χ3v) is 3.13. The quantitative estimate of drug-likeness (QED) is 0.533. The summed E-state index contributed by atoms with van der Waals surface area (Å²) in [6.45, 7) is 2.18. The molecule has 0 saturated carbocycles. The predicted molar refractivity (Wildman–Crippen MR) is 78.9 cm³/mol. The van der Waals surface area contributed by atoms with Crippen LogP contribution in [-0.2, 0) is 4.79 Å². The zero-order valence-corrected chi connectivity index (χ0v) is 11.7. The topological polar surface area (TPSA) is 37.3 Å². The molecule has 1 atom stereocenters. The minimum absolute atomic E-state index is 0.103. The lowest BCUT2D eigenvalue weighted by Gasteiger charge is -2.04. The Morgan fingerprint density at radius 3 is 2.53 bits per heavy atom. The van der Waals surface area contributed by atoms with E-state index in [0.29, 0.717) is 6.42 Å². The second kappa shape index (κ2) is 9.51. The normalized spacial score (nSPS) is 12.7. The first-order chi connectivity index (χ1) is 9.24. The minimum Gasteiger partial charge on any atom is -0.384 e. The second-order valence-electron chi connectivity index (χ2n) is 4.85. The van der Waals surface area contributed by atoms with E-state index in [2.05, 4.69) is 6.92 Å². The SMILES string of the molecule is CCCCCCCC(=O)C=CC(O)c1ccccc1. The van der Waals surface area contributed by atoms with Crippen LogP contribution in [-0.4, -0.2) is 10.9 Å². The molecule has 1 unspecified atom stereocenters. The van der Waals surface area contributed by atoms with E-state index in [1.54, 1.807) is 6.08 Å². The third-order valence-electron chi connectivity index (χ3n) is 3.13. The van der Waals surface area contributed by atoms with E-state index in [1.807, 2.05) is 30.3 Å². The molecule has 1 aromatic carbocycles. The number of hydrogen-bond acceptors (Lipinski definition) is 2. The molecule has 0 radical (unpaired) electrons. The van der Waals surface area contributed by atoms with Gasteiger partial charge in [0.15, 0.2) is 5.78 Å². The lowest BCUT2D eigenvalue weighted by Crippen LogP contribution is -1.96. The van der Waals surface area contributed by atoms with E-state index >= 15 is 0 Å². The number of carbonyl (C=O) groups excluding carboxylic acids is 1. The second-order valence-corrected chi connectivity index (χ2v) is 4.85. The van der Waals surface area contributed by atoms with Crippen molar-refractivity contribution >= 4 is 5.78 Å². The molecule has 1 rings (SSSR count). The summed E-state index contributed by atoms with van der Waals surface area (Å²) in [6.07, 6.45) is 8.72. The van der Waals surface area contributed by atoms with Crippen LogP contribution in [0.25, 0.3) is 0 Å². The van der Waals surface area contributed by atoms with Gasteiger partial charge in [-0.3, -0.25) is 4.79 Å². The van der Waals surface area contributed by atoms with E-state index in [9.17, 15) is 9.90 Å². The highest BCUT2D eigenvalue weighted by Gasteiger charge is 2.03. The zero-order valence-electron chi connectivity index (χ0n) is 11.7. The first kappa shape index (κ1) is 15.6. The molecule has 0 fully saturated rings. The molecule has 2 heteroatoms. The van der Waals surface area contributed by atoms with Gasteiger partial charge < -0.3 is 5.11 Å². The number of aliphatic hydroxyl groups excluding tert-OH is 1. The van der Waals surface area contributed by atoms with Crippen LogP contribution < -0.4 is 0 Å². The Morgan fingerprint density at radius 2 is 1.84 bits per heavy atom. The highest BCUT2D eigenvalue weighted by atomic mass is 16.3. The number of unbranched alkanes of at least 4 members (excludes halogenated alkanes) is 4. The van der Waals surface area contributed by atoms with Gasteiger partial charge in [0.25, 0.3) is 0 Å². The molecule has 19 heavy (non-hydrogen) atoms. The van der Waals surface area contributed by atoms with Crippen molar-refractivity contribution in [2.45, 2.75) is 51.6 Å².